The van der Waals surface area contributed by atoms with Crippen LogP contribution in [-0.4, -0.2) is 31.5 Å². The number of nitro groups is 2. The van der Waals surface area contributed by atoms with Gasteiger partial charge in [-0.25, -0.2) is 0 Å². The molecular weight excluding hydrogens is 342 g/mol. The van der Waals surface area contributed by atoms with Crippen molar-refractivity contribution in [3.63, 3.8) is 0 Å². The second kappa shape index (κ2) is 5.89. The summed E-state index contributed by atoms with van der Waals surface area (Å²) in [5.74, 6) is 0.326. The molecule has 10 nitrogen and oxygen atoms in total. The van der Waals surface area contributed by atoms with Crippen molar-refractivity contribution in [2.24, 2.45) is 0 Å². The van der Waals surface area contributed by atoms with Gasteiger partial charge in [0.15, 0.2) is 0 Å². The van der Waals surface area contributed by atoms with E-state index >= 15 is 0 Å². The highest BCUT2D eigenvalue weighted by atomic mass is 32.3. The van der Waals surface area contributed by atoms with Crippen molar-refractivity contribution < 1.29 is 24.2 Å². The second-order valence-electron chi connectivity index (χ2n) is 5.84. The predicted molar refractivity (Wildman–Crippen MR) is 83.2 cm³/mol. The largest absolute Gasteiger partial charge is 0.863 e. The lowest BCUT2D eigenvalue weighted by molar-refractivity contribution is -0.698. The normalized spacial score (nSPS) is 27.9. The smallest absolute Gasteiger partial charge is 0.323 e. The van der Waals surface area contributed by atoms with E-state index in [1.807, 2.05) is 0 Å². The monoisotopic (exact) mass is 357 g/mol. The topological polar surface area (TPSA) is 139 Å². The van der Waals surface area contributed by atoms with E-state index in [4.69, 9.17) is 4.28 Å². The summed E-state index contributed by atoms with van der Waals surface area (Å²) >= 11 is 0. The maximum Gasteiger partial charge on any atom is 0.323 e. The average molecular weight is 357 g/mol. The zero-order valence-corrected chi connectivity index (χ0v) is 13.4. The number of non-ortho nitro benzene ring substituents is 1. The van der Waals surface area contributed by atoms with Crippen LogP contribution in [0.3, 0.4) is 0 Å². The molecule has 0 radical (unpaired) electrons. The van der Waals surface area contributed by atoms with Gasteiger partial charge in [-0.05, 0) is 36.0 Å². The van der Waals surface area contributed by atoms with E-state index in [2.05, 4.69) is 0 Å². The third kappa shape index (κ3) is 2.64. The molecule has 0 aliphatic carbocycles. The summed E-state index contributed by atoms with van der Waals surface area (Å²) < 4.78 is 5.58. The third-order valence-corrected chi connectivity index (χ3v) is 8.57. The number of hydrogen-bond donors (Lipinski definition) is 0. The van der Waals surface area contributed by atoms with Crippen molar-refractivity contribution in [2.45, 2.75) is 30.9 Å². The van der Waals surface area contributed by atoms with Gasteiger partial charge >= 0.3 is 5.69 Å². The van der Waals surface area contributed by atoms with Crippen LogP contribution in [0, 0.1) is 25.1 Å². The highest BCUT2D eigenvalue weighted by Crippen LogP contribution is 2.66. The summed E-state index contributed by atoms with van der Waals surface area (Å²) in [6.45, 7) is 0. The summed E-state index contributed by atoms with van der Waals surface area (Å²) in [5, 5.41) is 34.2. The van der Waals surface area contributed by atoms with Gasteiger partial charge in [0.1, 0.15) is 0 Å². The van der Waals surface area contributed by atoms with E-state index < -0.39 is 43.0 Å². The third-order valence-electron chi connectivity index (χ3n) is 4.49. The van der Waals surface area contributed by atoms with Crippen molar-refractivity contribution in [3.05, 3.63) is 37.3 Å². The van der Waals surface area contributed by atoms with Gasteiger partial charge in [-0.1, -0.05) is 0 Å². The molecule has 1 aromatic carbocycles. The molecule has 0 atom stereocenters. The van der Waals surface area contributed by atoms with Gasteiger partial charge in [0, 0.05) is 16.8 Å². The molecular formula is C13H15N3O7S. The summed E-state index contributed by atoms with van der Waals surface area (Å²) in [5.41, 5.74) is -2.41. The predicted octanol–water partition coefficient (Wildman–Crippen LogP) is 2.59. The van der Waals surface area contributed by atoms with Crippen molar-refractivity contribution >= 4 is 27.4 Å². The van der Waals surface area contributed by atoms with Gasteiger partial charge in [0.25, 0.3) is 16.3 Å². The first-order valence-electron chi connectivity index (χ1n) is 7.42. The van der Waals surface area contributed by atoms with Crippen LogP contribution in [0.5, 0.6) is 5.75 Å². The minimum absolute atomic E-state index is 0.0265. The van der Waals surface area contributed by atoms with Crippen LogP contribution in [-0.2, 0) is 4.28 Å². The maximum atomic E-state index is 12.4. The van der Waals surface area contributed by atoms with Crippen LogP contribution in [0.25, 0.3) is 0 Å². The Morgan fingerprint density at radius 2 is 1.58 bits per heavy atom. The number of nitro benzene ring substituents is 2. The number of rotatable bonds is 5. The molecule has 2 saturated heterocycles. The van der Waals surface area contributed by atoms with E-state index in [9.17, 15) is 30.2 Å². The molecule has 2 heterocycles. The fourth-order valence-corrected chi connectivity index (χ4v) is 7.39. The Morgan fingerprint density at radius 1 is 1.00 bits per heavy atom. The molecule has 3 rings (SSSR count). The minimum Gasteiger partial charge on any atom is -0.863 e. The molecule has 0 spiro atoms. The van der Waals surface area contributed by atoms with E-state index in [0.717, 1.165) is 43.3 Å². The number of fused-ring (bicyclic) bond motifs is 1. The second-order valence-corrected chi connectivity index (χ2v) is 9.21. The zero-order valence-electron chi connectivity index (χ0n) is 12.6. The van der Waals surface area contributed by atoms with Crippen LogP contribution in [0.4, 0.5) is 17.1 Å². The van der Waals surface area contributed by atoms with Crippen molar-refractivity contribution in [2.75, 3.05) is 11.5 Å². The summed E-state index contributed by atoms with van der Waals surface area (Å²) in [6.07, 6.45) is 3.80. The Morgan fingerprint density at radius 3 is 2.12 bits per heavy atom. The Bertz CT molecular complexity index is 729. The van der Waals surface area contributed by atoms with E-state index in [1.54, 1.807) is 0 Å². The number of nitrogens with zero attached hydrogens (tertiary/aromatic N) is 3. The molecule has 2 fully saturated rings. The summed E-state index contributed by atoms with van der Waals surface area (Å²) in [6, 6.07) is 1.29. The Hall–Kier alpha value is -2.43. The van der Waals surface area contributed by atoms with E-state index in [0.29, 0.717) is 6.07 Å². The van der Waals surface area contributed by atoms with Gasteiger partial charge in [-0.15, -0.1) is 0 Å². The maximum absolute atomic E-state index is 12.4. The quantitative estimate of drug-likeness (QED) is 0.583. The summed E-state index contributed by atoms with van der Waals surface area (Å²) in [7, 11) is -1.66. The lowest BCUT2D eigenvalue weighted by Gasteiger charge is -2.28. The Balaban J connectivity index is 1.97. The standard InChI is InChI=1S/C13H15N3O7S/c17-13-11(15(20)21)7-9(14(18)19)8-12(13)16(22)23-24-5-1-3-10(24)4-2-6-24/h7-8,10H,1-6H2. The molecule has 130 valence electrons. The molecule has 0 N–H and O–H groups in total. The highest BCUT2D eigenvalue weighted by molar-refractivity contribution is 8.30. The number of hydrogen-bond acceptors (Lipinski definition) is 7. The molecule has 0 amide bonds. The van der Waals surface area contributed by atoms with Crippen LogP contribution >= 0.6 is 10.3 Å². The molecule has 24 heavy (non-hydrogen) atoms. The molecule has 11 heteroatoms. The van der Waals surface area contributed by atoms with E-state index in [-0.39, 0.29) is 10.2 Å². The SMILES string of the molecule is O=[N+]([O-])c1cc([N+](=O)[O-])c([O-])c([N+](=O)OS23CCCC2CCC3)c1. The van der Waals surface area contributed by atoms with Gasteiger partial charge in [-0.3, -0.25) is 20.2 Å². The fraction of sp³-hybridized carbons (Fsp3) is 0.538. The van der Waals surface area contributed by atoms with E-state index in [1.165, 1.54) is 0 Å². The van der Waals surface area contributed by atoms with Crippen LogP contribution in [0.2, 0.25) is 0 Å². The highest BCUT2D eigenvalue weighted by Gasteiger charge is 2.49. The van der Waals surface area contributed by atoms with Crippen molar-refractivity contribution in [1.29, 1.82) is 0 Å². The lowest BCUT2D eigenvalue weighted by atomic mass is 10.2. The molecule has 2 aliphatic heterocycles. The van der Waals surface area contributed by atoms with Crippen LogP contribution in [0.15, 0.2) is 12.1 Å². The molecule has 0 aromatic heterocycles. The average Bonchev–Trinajstić information content (AvgIpc) is 3.05. The Kier molecular flexibility index (Phi) is 4.03. The fourth-order valence-electron chi connectivity index (χ4n) is 3.39. The van der Waals surface area contributed by atoms with Crippen molar-refractivity contribution in [3.8, 4) is 5.75 Å². The van der Waals surface area contributed by atoms with Gasteiger partial charge in [0.05, 0.1) is 32.6 Å². The zero-order chi connectivity index (χ0) is 17.5. The van der Waals surface area contributed by atoms with Gasteiger partial charge in [-0.2, -0.15) is 4.28 Å². The Labute approximate surface area is 137 Å². The minimum atomic E-state index is -1.66. The summed E-state index contributed by atoms with van der Waals surface area (Å²) in [4.78, 5) is 32.3. The molecule has 0 unspecified atom stereocenters. The number of benzene rings is 1. The first-order chi connectivity index (χ1) is 11.3. The van der Waals surface area contributed by atoms with Gasteiger partial charge < -0.3 is 5.11 Å². The molecule has 1 aromatic rings. The van der Waals surface area contributed by atoms with Crippen molar-refractivity contribution in [1.82, 2.24) is 0 Å². The first kappa shape index (κ1) is 16.4. The van der Waals surface area contributed by atoms with Crippen LogP contribution < -0.4 is 5.11 Å². The van der Waals surface area contributed by atoms with Gasteiger partial charge in [0.2, 0.25) is 0 Å². The molecule has 2 aliphatic rings. The molecule has 0 bridgehead atoms. The first-order valence-corrected chi connectivity index (χ1v) is 9.38. The molecule has 0 saturated carbocycles. The van der Waals surface area contributed by atoms with Crippen LogP contribution in [0.1, 0.15) is 25.7 Å². The lowest BCUT2D eigenvalue weighted by Crippen LogP contribution is -2.18.